The average Bonchev–Trinajstić information content (AvgIpc) is 2.62. The molecule has 0 radical (unpaired) electrons. The molecule has 0 N–H and O–H groups in total. The zero-order valence-electron chi connectivity index (χ0n) is 14.1. The quantitative estimate of drug-likeness (QED) is 0.334. The van der Waals surface area contributed by atoms with Gasteiger partial charge in [-0.1, -0.05) is 36.4 Å². The average molecular weight is 446 g/mol. The maximum absolute atomic E-state index is 6.39. The third-order valence-electron chi connectivity index (χ3n) is 4.05. The second-order valence-electron chi connectivity index (χ2n) is 5.99. The molecule has 1 unspecified atom stereocenters. The van der Waals surface area contributed by atoms with E-state index >= 15 is 0 Å². The molecule has 0 saturated heterocycles. The fraction of sp³-hybridized carbons (Fsp3) is 0.222. The van der Waals surface area contributed by atoms with Gasteiger partial charge in [0.2, 0.25) is 0 Å². The van der Waals surface area contributed by atoms with Gasteiger partial charge in [0.15, 0.2) is 0 Å². The molecule has 2 aromatic rings. The molecule has 0 saturated carbocycles. The summed E-state index contributed by atoms with van der Waals surface area (Å²) in [4.78, 5) is 0. The Morgan fingerprint density at radius 2 is 1.92 bits per heavy atom. The molecule has 3 rings (SSSR count). The first-order valence-electron chi connectivity index (χ1n) is 8.24. The van der Waals surface area contributed by atoms with Crippen LogP contribution >= 0.6 is 33.2 Å². The van der Waals surface area contributed by atoms with Gasteiger partial charge in [-0.15, -0.1) is 39.8 Å². The van der Waals surface area contributed by atoms with Crippen molar-refractivity contribution in [3.63, 3.8) is 0 Å². The van der Waals surface area contributed by atoms with E-state index in [1.165, 1.54) is 0 Å². The van der Waals surface area contributed by atoms with Crippen molar-refractivity contribution >= 4 is 53.0 Å². The van der Waals surface area contributed by atoms with Crippen molar-refractivity contribution in [1.29, 1.82) is 0 Å². The summed E-state index contributed by atoms with van der Waals surface area (Å²) in [7, 11) is -2.58. The van der Waals surface area contributed by atoms with Crippen LogP contribution in [0.15, 0.2) is 61.2 Å². The summed E-state index contributed by atoms with van der Waals surface area (Å²) in [6, 6.07) is 14.3. The monoisotopic (exact) mass is 444 g/mol. The molecular weight excluding hydrogens is 427 g/mol. The minimum absolute atomic E-state index is 0.377. The van der Waals surface area contributed by atoms with Gasteiger partial charge in [0.25, 0.3) is 0 Å². The van der Waals surface area contributed by atoms with Crippen LogP contribution in [0.5, 0.6) is 11.5 Å². The Labute approximate surface area is 169 Å². The second kappa shape index (κ2) is 8.38. The lowest BCUT2D eigenvalue weighted by Gasteiger charge is -2.35. The Balaban J connectivity index is 1.77. The molecule has 0 fully saturated rings. The smallest absolute Gasteiger partial charge is 0.437 e. The number of hydrogen-bond donors (Lipinski definition) is 0. The van der Waals surface area contributed by atoms with Gasteiger partial charge in [-0.05, 0) is 18.2 Å². The van der Waals surface area contributed by atoms with E-state index in [4.69, 9.17) is 46.8 Å². The maximum atomic E-state index is 6.39. The number of allylic oxidation sites excluding steroid dienone is 1. The molecule has 0 aliphatic carbocycles. The molecule has 2 aromatic carbocycles. The molecular formula is C18H19Cl3O3Si2. The van der Waals surface area contributed by atoms with Gasteiger partial charge in [-0.3, -0.25) is 0 Å². The van der Waals surface area contributed by atoms with Crippen LogP contribution in [0.1, 0.15) is 5.56 Å². The van der Waals surface area contributed by atoms with E-state index in [9.17, 15) is 0 Å². The van der Waals surface area contributed by atoms with Crippen LogP contribution in [-0.2, 0) is 11.0 Å². The van der Waals surface area contributed by atoms with Crippen molar-refractivity contribution < 1.29 is 13.6 Å². The first kappa shape index (κ1) is 19.8. The van der Waals surface area contributed by atoms with Crippen LogP contribution < -0.4 is 14.3 Å². The molecule has 1 aliphatic rings. The van der Waals surface area contributed by atoms with Crippen molar-refractivity contribution in [2.45, 2.75) is 18.7 Å². The van der Waals surface area contributed by atoms with E-state index in [2.05, 4.69) is 18.7 Å². The largest absolute Gasteiger partial charge is 0.517 e. The molecule has 0 spiro atoms. The summed E-state index contributed by atoms with van der Waals surface area (Å²) < 4.78 is 18.4. The van der Waals surface area contributed by atoms with Crippen LogP contribution in [0.2, 0.25) is 12.1 Å². The van der Waals surface area contributed by atoms with E-state index in [0.29, 0.717) is 25.3 Å². The molecule has 3 nitrogen and oxygen atoms in total. The van der Waals surface area contributed by atoms with Crippen molar-refractivity contribution in [2.24, 2.45) is 0 Å². The van der Waals surface area contributed by atoms with Crippen LogP contribution in [0.4, 0.5) is 0 Å². The first-order valence-corrected chi connectivity index (χ1v) is 15.5. The molecule has 0 bridgehead atoms. The summed E-state index contributed by atoms with van der Waals surface area (Å²) in [6.07, 6.45) is 1.86. The topological polar surface area (TPSA) is 27.7 Å². The standard InChI is InChI=1S/C18H19Cl3O3Si2/c1-2-11-25(17-6-4-3-5-7-17)23-14-15-13-16(8-9-18(15)24-25)22-10-12-26(19,20)21/h2-9,13H,1,10-12,14H2. The fourth-order valence-electron chi connectivity index (χ4n) is 2.79. The number of benzene rings is 2. The molecule has 1 heterocycles. The van der Waals surface area contributed by atoms with Crippen LogP contribution in [0.25, 0.3) is 0 Å². The van der Waals surface area contributed by atoms with E-state index < -0.39 is 14.6 Å². The lowest BCUT2D eigenvalue weighted by Crippen LogP contribution is -2.57. The lowest BCUT2D eigenvalue weighted by molar-refractivity contribution is 0.213. The molecule has 1 aliphatic heterocycles. The number of rotatable bonds is 7. The third kappa shape index (κ3) is 4.85. The molecule has 26 heavy (non-hydrogen) atoms. The molecule has 0 amide bonds. The zero-order chi connectivity index (χ0) is 18.6. The van der Waals surface area contributed by atoms with E-state index in [1.807, 2.05) is 42.5 Å². The third-order valence-corrected chi connectivity index (χ3v) is 9.72. The summed E-state index contributed by atoms with van der Waals surface area (Å²) in [5.41, 5.74) is 0.955. The van der Waals surface area contributed by atoms with Crippen LogP contribution in [0, 0.1) is 0 Å². The Bertz CT molecular complexity index is 768. The van der Waals surface area contributed by atoms with E-state index in [1.54, 1.807) is 0 Å². The van der Waals surface area contributed by atoms with Crippen molar-refractivity contribution in [1.82, 2.24) is 0 Å². The zero-order valence-corrected chi connectivity index (χ0v) is 18.4. The molecule has 0 aromatic heterocycles. The van der Waals surface area contributed by atoms with Gasteiger partial charge >= 0.3 is 14.6 Å². The highest BCUT2D eigenvalue weighted by molar-refractivity contribution is 7.64. The van der Waals surface area contributed by atoms with Crippen LogP contribution in [0.3, 0.4) is 0 Å². The molecule has 138 valence electrons. The van der Waals surface area contributed by atoms with Crippen molar-refractivity contribution in [3.8, 4) is 11.5 Å². The Morgan fingerprint density at radius 1 is 1.15 bits per heavy atom. The minimum atomic E-state index is -2.67. The van der Waals surface area contributed by atoms with Crippen molar-refractivity contribution in [3.05, 3.63) is 66.7 Å². The predicted molar refractivity (Wildman–Crippen MR) is 112 cm³/mol. The van der Waals surface area contributed by atoms with Crippen molar-refractivity contribution in [2.75, 3.05) is 6.61 Å². The van der Waals surface area contributed by atoms with Crippen LogP contribution in [-0.4, -0.2) is 21.2 Å². The second-order valence-corrected chi connectivity index (χ2v) is 18.2. The Hall–Kier alpha value is -0.956. The number of hydrogen-bond acceptors (Lipinski definition) is 3. The Morgan fingerprint density at radius 3 is 2.62 bits per heavy atom. The fourth-order valence-corrected chi connectivity index (χ4v) is 6.62. The molecule has 1 atom stereocenters. The van der Waals surface area contributed by atoms with Gasteiger partial charge in [-0.25, -0.2) is 0 Å². The first-order chi connectivity index (χ1) is 12.4. The minimum Gasteiger partial charge on any atom is -0.517 e. The SMILES string of the molecule is C=CC[Si]1(c2ccccc2)OCc2cc(OCC[Si](Cl)(Cl)Cl)ccc2O1. The normalized spacial score (nSPS) is 19.3. The number of fused-ring (bicyclic) bond motifs is 1. The highest BCUT2D eigenvalue weighted by Crippen LogP contribution is 2.34. The predicted octanol–water partition coefficient (Wildman–Crippen LogP) is 5.17. The highest BCUT2D eigenvalue weighted by atomic mass is 35.8. The summed E-state index contributed by atoms with van der Waals surface area (Å²) in [5.74, 6) is 1.55. The van der Waals surface area contributed by atoms with Gasteiger partial charge in [0.1, 0.15) is 11.5 Å². The highest BCUT2D eigenvalue weighted by Gasteiger charge is 2.44. The van der Waals surface area contributed by atoms with Gasteiger partial charge < -0.3 is 13.6 Å². The number of ether oxygens (including phenoxy) is 1. The van der Waals surface area contributed by atoms with E-state index in [-0.39, 0.29) is 0 Å². The van der Waals surface area contributed by atoms with E-state index in [0.717, 1.165) is 22.2 Å². The summed E-state index contributed by atoms with van der Waals surface area (Å²) in [5, 5.41) is 1.10. The summed E-state index contributed by atoms with van der Waals surface area (Å²) >= 11 is 17.6. The maximum Gasteiger partial charge on any atom is 0.437 e. The summed E-state index contributed by atoms with van der Waals surface area (Å²) in [6.45, 7) is 4.72. The number of halogens is 3. The van der Waals surface area contributed by atoms with Gasteiger partial charge in [-0.2, -0.15) is 0 Å². The lowest BCUT2D eigenvalue weighted by atomic mass is 10.2. The Kier molecular flexibility index (Phi) is 6.38. The van der Waals surface area contributed by atoms with Gasteiger partial charge in [0.05, 0.1) is 13.2 Å². The van der Waals surface area contributed by atoms with Gasteiger partial charge in [0, 0.05) is 22.8 Å². The molecule has 8 heteroatoms.